The molecule has 2 aromatic rings. The van der Waals surface area contributed by atoms with Gasteiger partial charge in [0.25, 0.3) is 0 Å². The van der Waals surface area contributed by atoms with Gasteiger partial charge in [-0.05, 0) is 35.7 Å². The van der Waals surface area contributed by atoms with Crippen molar-refractivity contribution in [3.8, 4) is 0 Å². The van der Waals surface area contributed by atoms with Crippen LogP contribution in [0.25, 0.3) is 0 Å². The van der Waals surface area contributed by atoms with E-state index in [4.69, 9.17) is 5.73 Å². The van der Waals surface area contributed by atoms with E-state index in [2.05, 4.69) is 10.3 Å². The van der Waals surface area contributed by atoms with E-state index in [1.54, 1.807) is 11.3 Å². The zero-order valence-electron chi connectivity index (χ0n) is 11.4. The molecule has 0 fully saturated rings. The van der Waals surface area contributed by atoms with Gasteiger partial charge in [-0.2, -0.15) is 11.3 Å². The largest absolute Gasteiger partial charge is 0.369 e. The summed E-state index contributed by atoms with van der Waals surface area (Å²) in [6, 6.07) is 2.02. The number of thioether (sulfide) groups is 1. The van der Waals surface area contributed by atoms with Crippen molar-refractivity contribution < 1.29 is 9.59 Å². The van der Waals surface area contributed by atoms with Crippen LogP contribution in [0, 0.1) is 6.92 Å². The van der Waals surface area contributed by atoms with Crippen LogP contribution in [0.1, 0.15) is 17.7 Å². The van der Waals surface area contributed by atoms with Gasteiger partial charge in [0, 0.05) is 6.42 Å². The van der Waals surface area contributed by atoms with Crippen LogP contribution in [-0.2, 0) is 16.0 Å². The Bertz CT molecular complexity index is 623. The summed E-state index contributed by atoms with van der Waals surface area (Å²) < 4.78 is 0.905. The molecular weight excluding hydrogens is 326 g/mol. The van der Waals surface area contributed by atoms with Gasteiger partial charge in [-0.15, -0.1) is 11.8 Å². The number of hydrogen-bond donors (Lipinski definition) is 2. The minimum Gasteiger partial charge on any atom is -0.369 e. The van der Waals surface area contributed by atoms with Crippen molar-refractivity contribution >= 4 is 51.4 Å². The molecule has 0 aromatic carbocycles. The monoisotopic (exact) mass is 341 g/mol. The highest BCUT2D eigenvalue weighted by Gasteiger charge is 2.12. The number of carbonyl (C=O) groups is 2. The number of thiophene rings is 1. The van der Waals surface area contributed by atoms with E-state index in [1.807, 2.05) is 23.8 Å². The Morgan fingerprint density at radius 3 is 2.95 bits per heavy atom. The van der Waals surface area contributed by atoms with E-state index in [0.717, 1.165) is 16.3 Å². The molecule has 0 spiro atoms. The second-order valence-corrected chi connectivity index (χ2v) is 7.35. The fourth-order valence-electron chi connectivity index (χ4n) is 1.58. The maximum Gasteiger partial charge on any atom is 0.227 e. The van der Waals surface area contributed by atoms with E-state index < -0.39 is 0 Å². The lowest BCUT2D eigenvalue weighted by Gasteiger charge is -2.00. The Morgan fingerprint density at radius 1 is 1.48 bits per heavy atom. The van der Waals surface area contributed by atoms with E-state index >= 15 is 0 Å². The van der Waals surface area contributed by atoms with E-state index in [0.29, 0.717) is 11.6 Å². The zero-order chi connectivity index (χ0) is 15.2. The van der Waals surface area contributed by atoms with Crippen LogP contribution in [0.15, 0.2) is 21.0 Å². The van der Waals surface area contributed by atoms with Crippen LogP contribution in [0.5, 0.6) is 0 Å². The zero-order valence-corrected chi connectivity index (χ0v) is 13.9. The average molecular weight is 341 g/mol. The Labute approximate surface area is 135 Å². The number of amides is 2. The number of aryl methyl sites for hydroxylation is 2. The number of thiazole rings is 1. The third kappa shape index (κ3) is 5.14. The molecular formula is C13H15N3O2S3. The molecule has 0 unspecified atom stereocenters. The third-order valence-corrected chi connectivity index (χ3v) is 5.76. The predicted octanol–water partition coefficient (Wildman–Crippen LogP) is 2.66. The van der Waals surface area contributed by atoms with Gasteiger partial charge in [-0.1, -0.05) is 11.3 Å². The van der Waals surface area contributed by atoms with E-state index in [9.17, 15) is 9.59 Å². The summed E-state index contributed by atoms with van der Waals surface area (Å²) in [5.41, 5.74) is 7.09. The maximum absolute atomic E-state index is 11.9. The molecule has 0 bridgehead atoms. The molecule has 2 rings (SSSR count). The van der Waals surface area contributed by atoms with Crippen LogP contribution in [-0.4, -0.2) is 22.6 Å². The molecule has 5 nitrogen and oxygen atoms in total. The maximum atomic E-state index is 11.9. The van der Waals surface area contributed by atoms with Gasteiger partial charge in [-0.25, -0.2) is 4.98 Å². The minimum absolute atomic E-state index is 0.0543. The lowest BCUT2D eigenvalue weighted by Crippen LogP contribution is -2.12. The quantitative estimate of drug-likeness (QED) is 0.758. The highest BCUT2D eigenvalue weighted by Crippen LogP contribution is 2.31. The predicted molar refractivity (Wildman–Crippen MR) is 88.0 cm³/mol. The first-order valence-corrected chi connectivity index (χ1v) is 8.98. The minimum atomic E-state index is -0.367. The highest BCUT2D eigenvalue weighted by atomic mass is 32.2. The molecule has 0 saturated heterocycles. The van der Waals surface area contributed by atoms with Gasteiger partial charge in [0.05, 0.1) is 15.7 Å². The Morgan fingerprint density at radius 2 is 2.29 bits per heavy atom. The summed E-state index contributed by atoms with van der Waals surface area (Å²) in [6.07, 6.45) is 1.15. The summed E-state index contributed by atoms with van der Waals surface area (Å²) >= 11 is 4.34. The number of primary amides is 1. The van der Waals surface area contributed by atoms with Crippen LogP contribution in [0.2, 0.25) is 0 Å². The third-order valence-electron chi connectivity index (χ3n) is 2.57. The molecule has 112 valence electrons. The number of anilines is 1. The second kappa shape index (κ2) is 7.58. The molecule has 2 aromatic heterocycles. The first-order valence-electron chi connectivity index (χ1n) is 6.24. The number of rotatable bonds is 7. The molecule has 0 saturated carbocycles. The molecule has 0 aliphatic heterocycles. The second-order valence-electron chi connectivity index (χ2n) is 4.33. The van der Waals surface area contributed by atoms with Crippen molar-refractivity contribution in [1.29, 1.82) is 0 Å². The average Bonchev–Trinajstić information content (AvgIpc) is 3.04. The SMILES string of the molecule is Cc1nc(NC(=O)CCc2ccsc2)sc1SCC(N)=O. The first kappa shape index (κ1) is 16.0. The molecule has 21 heavy (non-hydrogen) atoms. The number of aromatic nitrogens is 1. The van der Waals surface area contributed by atoms with E-state index in [1.165, 1.54) is 28.7 Å². The van der Waals surface area contributed by atoms with Crippen molar-refractivity contribution in [2.45, 2.75) is 24.0 Å². The number of nitrogens with two attached hydrogens (primary N) is 1. The van der Waals surface area contributed by atoms with Crippen molar-refractivity contribution in [2.24, 2.45) is 5.73 Å². The Balaban J connectivity index is 1.85. The van der Waals surface area contributed by atoms with Gasteiger partial charge in [-0.3, -0.25) is 9.59 Å². The number of carbonyl (C=O) groups excluding carboxylic acids is 2. The highest BCUT2D eigenvalue weighted by molar-refractivity contribution is 8.01. The lowest BCUT2D eigenvalue weighted by molar-refractivity contribution is -0.116. The molecule has 3 N–H and O–H groups in total. The van der Waals surface area contributed by atoms with Gasteiger partial charge in [0.2, 0.25) is 11.8 Å². The summed E-state index contributed by atoms with van der Waals surface area (Å²) in [6.45, 7) is 1.85. The number of hydrogen-bond acceptors (Lipinski definition) is 6. The summed E-state index contributed by atoms with van der Waals surface area (Å²) in [5.74, 6) is -0.204. The van der Waals surface area contributed by atoms with Crippen LogP contribution in [0.3, 0.4) is 0 Å². The lowest BCUT2D eigenvalue weighted by atomic mass is 10.2. The molecule has 0 aliphatic carbocycles. The Hall–Kier alpha value is -1.38. The van der Waals surface area contributed by atoms with Crippen molar-refractivity contribution in [1.82, 2.24) is 4.98 Å². The molecule has 0 radical (unpaired) electrons. The van der Waals surface area contributed by atoms with Gasteiger partial charge >= 0.3 is 0 Å². The number of nitrogens with zero attached hydrogens (tertiary/aromatic N) is 1. The van der Waals surface area contributed by atoms with Crippen molar-refractivity contribution in [3.05, 3.63) is 28.1 Å². The fourth-order valence-corrected chi connectivity index (χ4v) is 4.18. The van der Waals surface area contributed by atoms with Gasteiger partial charge < -0.3 is 11.1 Å². The van der Waals surface area contributed by atoms with Gasteiger partial charge in [0.1, 0.15) is 0 Å². The van der Waals surface area contributed by atoms with Crippen molar-refractivity contribution in [3.63, 3.8) is 0 Å². The molecule has 0 atom stereocenters. The molecule has 2 amide bonds. The summed E-state index contributed by atoms with van der Waals surface area (Å²) in [7, 11) is 0. The molecule has 8 heteroatoms. The van der Waals surface area contributed by atoms with E-state index in [-0.39, 0.29) is 17.6 Å². The Kier molecular flexibility index (Phi) is 5.77. The van der Waals surface area contributed by atoms with Crippen LogP contribution in [0.4, 0.5) is 5.13 Å². The van der Waals surface area contributed by atoms with Gasteiger partial charge in [0.15, 0.2) is 5.13 Å². The first-order chi connectivity index (χ1) is 10.0. The smallest absolute Gasteiger partial charge is 0.227 e. The standard InChI is InChI=1S/C13H15N3O2S3/c1-8-12(20-7-10(14)17)21-13(15-8)16-11(18)3-2-9-4-5-19-6-9/h4-6H,2-3,7H2,1H3,(H2,14,17)(H,15,16,18). The van der Waals surface area contributed by atoms with Crippen LogP contribution >= 0.6 is 34.4 Å². The topological polar surface area (TPSA) is 85.1 Å². The molecule has 2 heterocycles. The number of nitrogens with one attached hydrogen (secondary N) is 1. The van der Waals surface area contributed by atoms with Crippen molar-refractivity contribution in [2.75, 3.05) is 11.1 Å². The molecule has 0 aliphatic rings. The summed E-state index contributed by atoms with van der Waals surface area (Å²) in [4.78, 5) is 26.9. The summed E-state index contributed by atoms with van der Waals surface area (Å²) in [5, 5.41) is 7.40. The fraction of sp³-hybridized carbons (Fsp3) is 0.308. The normalized spacial score (nSPS) is 10.5. The van der Waals surface area contributed by atoms with Crippen LogP contribution < -0.4 is 11.1 Å².